The van der Waals surface area contributed by atoms with Crippen LogP contribution in [0.2, 0.25) is 0 Å². The number of aliphatic hydroxyl groups excluding tert-OH is 1. The first kappa shape index (κ1) is 16.2. The molecular weight excluding hydrogens is 304 g/mol. The summed E-state index contributed by atoms with van der Waals surface area (Å²) in [5.74, 6) is 1.11. The lowest BCUT2D eigenvalue weighted by Gasteiger charge is -2.12. The highest BCUT2D eigenvalue weighted by Crippen LogP contribution is 2.26. The molecule has 0 spiro atoms. The smallest absolute Gasteiger partial charge is 0.226 e. The first-order valence-corrected chi connectivity index (χ1v) is 8.01. The number of nitrogens with zero attached hydrogens (tertiary/aromatic N) is 4. The maximum absolute atomic E-state index is 9.02. The molecular formula is C17H22N6O. The van der Waals surface area contributed by atoms with Gasteiger partial charge in [0.1, 0.15) is 0 Å². The van der Waals surface area contributed by atoms with Crippen LogP contribution in [0.15, 0.2) is 30.6 Å². The van der Waals surface area contributed by atoms with Gasteiger partial charge in [-0.2, -0.15) is 9.97 Å². The van der Waals surface area contributed by atoms with E-state index in [0.717, 1.165) is 16.9 Å². The molecule has 0 saturated carbocycles. The van der Waals surface area contributed by atoms with Crippen LogP contribution < -0.4 is 10.6 Å². The van der Waals surface area contributed by atoms with Crippen LogP contribution in [-0.4, -0.2) is 37.8 Å². The number of imidazole rings is 1. The van der Waals surface area contributed by atoms with Crippen LogP contribution in [0, 0.1) is 6.92 Å². The number of anilines is 3. The van der Waals surface area contributed by atoms with Gasteiger partial charge in [-0.15, -0.1) is 0 Å². The van der Waals surface area contributed by atoms with Crippen LogP contribution in [0.5, 0.6) is 0 Å². The summed E-state index contributed by atoms with van der Waals surface area (Å²) >= 11 is 0. The Morgan fingerprint density at radius 3 is 2.58 bits per heavy atom. The van der Waals surface area contributed by atoms with Crippen molar-refractivity contribution in [2.24, 2.45) is 0 Å². The first-order valence-electron chi connectivity index (χ1n) is 8.01. The van der Waals surface area contributed by atoms with E-state index in [0.29, 0.717) is 18.3 Å². The average Bonchev–Trinajstić information content (AvgIpc) is 2.99. The van der Waals surface area contributed by atoms with Gasteiger partial charge < -0.3 is 20.3 Å². The molecule has 126 valence electrons. The molecule has 2 heterocycles. The van der Waals surface area contributed by atoms with Crippen molar-refractivity contribution >= 4 is 28.6 Å². The van der Waals surface area contributed by atoms with Crippen LogP contribution in [0.25, 0.3) is 11.2 Å². The zero-order chi connectivity index (χ0) is 17.1. The maximum atomic E-state index is 9.02. The molecule has 24 heavy (non-hydrogen) atoms. The number of benzene rings is 1. The van der Waals surface area contributed by atoms with Gasteiger partial charge in [-0.1, -0.05) is 17.7 Å². The van der Waals surface area contributed by atoms with E-state index >= 15 is 0 Å². The van der Waals surface area contributed by atoms with E-state index < -0.39 is 0 Å². The summed E-state index contributed by atoms with van der Waals surface area (Å²) in [5, 5.41) is 15.4. The van der Waals surface area contributed by atoms with E-state index in [1.54, 1.807) is 6.33 Å². The Labute approximate surface area is 140 Å². The lowest BCUT2D eigenvalue weighted by Crippen LogP contribution is -2.11. The van der Waals surface area contributed by atoms with Crippen molar-refractivity contribution in [3.8, 4) is 0 Å². The summed E-state index contributed by atoms with van der Waals surface area (Å²) in [6.07, 6.45) is 1.78. The van der Waals surface area contributed by atoms with Gasteiger partial charge in [-0.25, -0.2) is 4.98 Å². The van der Waals surface area contributed by atoms with Gasteiger partial charge in [-0.3, -0.25) is 0 Å². The fourth-order valence-electron chi connectivity index (χ4n) is 2.40. The highest BCUT2D eigenvalue weighted by atomic mass is 16.3. The number of hydrogen-bond acceptors (Lipinski definition) is 6. The molecule has 7 heteroatoms. The highest BCUT2D eigenvalue weighted by Gasteiger charge is 2.15. The standard InChI is InChI=1S/C17H22N6O/c1-11(2)23-10-19-14-15(20-13-6-4-12(3)5-7-13)21-17(18-8-9-24)22-16(14)23/h4-7,10-11,24H,8-9H2,1-3H3,(H2,18,20,21,22). The molecule has 0 amide bonds. The van der Waals surface area contributed by atoms with Crippen molar-refractivity contribution < 1.29 is 5.11 Å². The van der Waals surface area contributed by atoms with Crippen LogP contribution in [0.1, 0.15) is 25.5 Å². The number of aliphatic hydroxyl groups is 1. The van der Waals surface area contributed by atoms with E-state index in [1.807, 2.05) is 35.8 Å². The fraction of sp³-hybridized carbons (Fsp3) is 0.353. The largest absolute Gasteiger partial charge is 0.395 e. The van der Waals surface area contributed by atoms with Crippen molar-refractivity contribution in [2.45, 2.75) is 26.8 Å². The zero-order valence-corrected chi connectivity index (χ0v) is 14.1. The summed E-state index contributed by atoms with van der Waals surface area (Å²) in [6.45, 7) is 6.62. The molecule has 0 bridgehead atoms. The van der Waals surface area contributed by atoms with Crippen LogP contribution >= 0.6 is 0 Å². The van der Waals surface area contributed by atoms with Gasteiger partial charge in [0.2, 0.25) is 5.95 Å². The van der Waals surface area contributed by atoms with Crippen molar-refractivity contribution in [2.75, 3.05) is 23.8 Å². The minimum atomic E-state index is 0.0194. The topological polar surface area (TPSA) is 87.9 Å². The third-order valence-corrected chi connectivity index (χ3v) is 3.69. The molecule has 0 radical (unpaired) electrons. The quantitative estimate of drug-likeness (QED) is 0.645. The Balaban J connectivity index is 2.05. The third-order valence-electron chi connectivity index (χ3n) is 3.69. The Morgan fingerprint density at radius 1 is 1.17 bits per heavy atom. The lowest BCUT2D eigenvalue weighted by molar-refractivity contribution is 0.311. The molecule has 0 aliphatic rings. The molecule has 0 saturated heterocycles. The number of aryl methyl sites for hydroxylation is 1. The van der Waals surface area contributed by atoms with Gasteiger partial charge in [0, 0.05) is 18.3 Å². The van der Waals surface area contributed by atoms with Crippen LogP contribution in [-0.2, 0) is 0 Å². The average molecular weight is 326 g/mol. The van der Waals surface area contributed by atoms with Crippen molar-refractivity contribution in [3.63, 3.8) is 0 Å². The molecule has 0 unspecified atom stereocenters. The Hall–Kier alpha value is -2.67. The van der Waals surface area contributed by atoms with E-state index in [2.05, 4.69) is 39.4 Å². The van der Waals surface area contributed by atoms with E-state index in [1.165, 1.54) is 5.56 Å². The second-order valence-electron chi connectivity index (χ2n) is 5.96. The molecule has 0 aliphatic heterocycles. The molecule has 0 aliphatic carbocycles. The normalized spacial score (nSPS) is 11.2. The van der Waals surface area contributed by atoms with Gasteiger partial charge in [0.25, 0.3) is 0 Å². The molecule has 2 aromatic heterocycles. The van der Waals surface area contributed by atoms with Gasteiger partial charge in [-0.05, 0) is 32.9 Å². The monoisotopic (exact) mass is 326 g/mol. The predicted molar refractivity (Wildman–Crippen MR) is 95.7 cm³/mol. The summed E-state index contributed by atoms with van der Waals surface area (Å²) in [5.41, 5.74) is 3.62. The van der Waals surface area contributed by atoms with E-state index in [9.17, 15) is 0 Å². The third kappa shape index (κ3) is 3.30. The zero-order valence-electron chi connectivity index (χ0n) is 14.1. The van der Waals surface area contributed by atoms with Crippen LogP contribution in [0.3, 0.4) is 0 Å². The number of hydrogen-bond donors (Lipinski definition) is 3. The van der Waals surface area contributed by atoms with Gasteiger partial charge >= 0.3 is 0 Å². The van der Waals surface area contributed by atoms with Gasteiger partial charge in [0.05, 0.1) is 12.9 Å². The first-order chi connectivity index (χ1) is 11.6. The van der Waals surface area contributed by atoms with E-state index in [4.69, 9.17) is 5.11 Å². The second-order valence-corrected chi connectivity index (χ2v) is 5.96. The summed E-state index contributed by atoms with van der Waals surface area (Å²) in [6, 6.07) is 8.33. The Kier molecular flexibility index (Phi) is 4.61. The fourth-order valence-corrected chi connectivity index (χ4v) is 2.40. The molecule has 0 fully saturated rings. The molecule has 0 atom stereocenters. The summed E-state index contributed by atoms with van der Waals surface area (Å²) in [7, 11) is 0. The molecule has 3 N–H and O–H groups in total. The Morgan fingerprint density at radius 2 is 1.92 bits per heavy atom. The van der Waals surface area contributed by atoms with Crippen molar-refractivity contribution in [3.05, 3.63) is 36.2 Å². The molecule has 3 rings (SSSR count). The summed E-state index contributed by atoms with van der Waals surface area (Å²) < 4.78 is 2.00. The molecule has 1 aromatic carbocycles. The SMILES string of the molecule is Cc1ccc(Nc2nc(NCCO)nc3c2ncn3C(C)C)cc1. The predicted octanol–water partition coefficient (Wildman–Crippen LogP) is 2.86. The Bertz CT molecular complexity index is 825. The second kappa shape index (κ2) is 6.84. The number of rotatable bonds is 6. The number of aromatic nitrogens is 4. The molecule has 3 aromatic rings. The molecule has 7 nitrogen and oxygen atoms in total. The highest BCUT2D eigenvalue weighted by molar-refractivity contribution is 5.86. The van der Waals surface area contributed by atoms with Gasteiger partial charge in [0.15, 0.2) is 17.0 Å². The number of nitrogens with one attached hydrogen (secondary N) is 2. The minimum absolute atomic E-state index is 0.0194. The van der Waals surface area contributed by atoms with Crippen molar-refractivity contribution in [1.82, 2.24) is 19.5 Å². The van der Waals surface area contributed by atoms with Crippen molar-refractivity contribution in [1.29, 1.82) is 0 Å². The van der Waals surface area contributed by atoms with E-state index in [-0.39, 0.29) is 12.6 Å². The maximum Gasteiger partial charge on any atom is 0.226 e. The minimum Gasteiger partial charge on any atom is -0.395 e. The lowest BCUT2D eigenvalue weighted by atomic mass is 10.2. The number of fused-ring (bicyclic) bond motifs is 1. The summed E-state index contributed by atoms with van der Waals surface area (Å²) in [4.78, 5) is 13.5. The van der Waals surface area contributed by atoms with Crippen LogP contribution in [0.4, 0.5) is 17.5 Å².